The maximum Gasteiger partial charge on any atom is 0.244 e. The van der Waals surface area contributed by atoms with E-state index in [0.717, 1.165) is 5.56 Å². The van der Waals surface area contributed by atoms with Crippen molar-refractivity contribution in [3.05, 3.63) is 59.4 Å². The Morgan fingerprint density at radius 3 is 2.54 bits per heavy atom. The van der Waals surface area contributed by atoms with Gasteiger partial charge in [-0.15, -0.1) is 12.4 Å². The summed E-state index contributed by atoms with van der Waals surface area (Å²) in [7, 11) is -3.61. The molecule has 0 amide bonds. The minimum absolute atomic E-state index is 0. The maximum absolute atomic E-state index is 12.8. The van der Waals surface area contributed by atoms with Crippen LogP contribution in [0.15, 0.2) is 53.7 Å². The molecule has 1 saturated heterocycles. The highest BCUT2D eigenvalue weighted by Crippen LogP contribution is 2.35. The molecule has 2 N–H and O–H groups in total. The Balaban J connectivity index is 0.00000208. The van der Waals surface area contributed by atoms with Crippen LogP contribution in [0.4, 0.5) is 0 Å². The fourth-order valence-electron chi connectivity index (χ4n) is 3.03. The van der Waals surface area contributed by atoms with Crippen molar-refractivity contribution in [3.63, 3.8) is 0 Å². The first kappa shape index (κ1) is 19.1. The Bertz CT molecular complexity index is 787. The number of halogens is 2. The summed E-state index contributed by atoms with van der Waals surface area (Å²) in [5.41, 5.74) is 6.99. The highest BCUT2D eigenvalue weighted by atomic mass is 35.5. The van der Waals surface area contributed by atoms with Crippen molar-refractivity contribution in [2.45, 2.75) is 10.8 Å². The number of hydrogen-bond acceptors (Lipinski definition) is 4. The molecule has 0 spiro atoms. The SMILES string of the molecule is Cl.NC[C@@H]1CN(S(=O)(=O)c2cncc(Cl)c2)C[C@H]1c1ccccc1. The van der Waals surface area contributed by atoms with Gasteiger partial charge in [0.05, 0.1) is 5.02 Å². The highest BCUT2D eigenvalue weighted by molar-refractivity contribution is 7.89. The standard InChI is InChI=1S/C16H18ClN3O2S.ClH/c17-14-6-15(9-19-8-14)23(21,22)20-10-13(7-18)16(11-20)12-4-2-1-3-5-12;/h1-6,8-9,13,16H,7,10-11,18H2;1H/t13-,16+;/m1./s1. The number of pyridine rings is 1. The van der Waals surface area contributed by atoms with Crippen LogP contribution >= 0.6 is 24.0 Å². The number of benzene rings is 1. The molecule has 24 heavy (non-hydrogen) atoms. The van der Waals surface area contributed by atoms with Crippen molar-refractivity contribution in [1.82, 2.24) is 9.29 Å². The number of sulfonamides is 1. The topological polar surface area (TPSA) is 76.3 Å². The number of nitrogens with two attached hydrogens (primary N) is 1. The van der Waals surface area contributed by atoms with Crippen molar-refractivity contribution < 1.29 is 8.42 Å². The molecular formula is C16H19Cl2N3O2S. The van der Waals surface area contributed by atoms with E-state index in [0.29, 0.717) is 24.7 Å². The van der Waals surface area contributed by atoms with Crippen LogP contribution in [0, 0.1) is 5.92 Å². The predicted molar refractivity (Wildman–Crippen MR) is 97.0 cm³/mol. The highest BCUT2D eigenvalue weighted by Gasteiger charge is 2.39. The van der Waals surface area contributed by atoms with Gasteiger partial charge in [-0.3, -0.25) is 4.98 Å². The molecule has 1 aliphatic rings. The molecule has 3 rings (SSSR count). The Kier molecular flexibility index (Phi) is 6.22. The molecule has 0 saturated carbocycles. The van der Waals surface area contributed by atoms with Gasteiger partial charge in [0.15, 0.2) is 0 Å². The molecule has 2 heterocycles. The number of aromatic nitrogens is 1. The molecule has 1 aliphatic heterocycles. The van der Waals surface area contributed by atoms with Crippen LogP contribution in [0.2, 0.25) is 5.02 Å². The third-order valence-electron chi connectivity index (χ3n) is 4.26. The molecular weight excluding hydrogens is 369 g/mol. The number of rotatable bonds is 4. The summed E-state index contributed by atoms with van der Waals surface area (Å²) >= 11 is 5.87. The molecule has 0 radical (unpaired) electrons. The van der Waals surface area contributed by atoms with Crippen molar-refractivity contribution in [2.75, 3.05) is 19.6 Å². The van der Waals surface area contributed by atoms with Gasteiger partial charge in [0.1, 0.15) is 4.90 Å². The molecule has 2 aromatic rings. The van der Waals surface area contributed by atoms with Gasteiger partial charge >= 0.3 is 0 Å². The van der Waals surface area contributed by atoms with E-state index in [9.17, 15) is 8.42 Å². The fourth-order valence-corrected chi connectivity index (χ4v) is 4.78. The van der Waals surface area contributed by atoms with Gasteiger partial charge in [0, 0.05) is 31.4 Å². The Morgan fingerprint density at radius 1 is 1.21 bits per heavy atom. The van der Waals surface area contributed by atoms with E-state index >= 15 is 0 Å². The summed E-state index contributed by atoms with van der Waals surface area (Å²) in [4.78, 5) is 4.00. The van der Waals surface area contributed by atoms with Crippen LogP contribution in [-0.2, 0) is 10.0 Å². The van der Waals surface area contributed by atoms with Crippen molar-refractivity contribution >= 4 is 34.0 Å². The summed E-state index contributed by atoms with van der Waals surface area (Å²) in [6, 6.07) is 11.3. The van der Waals surface area contributed by atoms with Gasteiger partial charge in [-0.1, -0.05) is 41.9 Å². The Labute approximate surface area is 153 Å². The van der Waals surface area contributed by atoms with Crippen molar-refractivity contribution in [2.24, 2.45) is 11.7 Å². The number of hydrogen-bond donors (Lipinski definition) is 1. The minimum atomic E-state index is -3.61. The Hall–Kier alpha value is -1.18. The summed E-state index contributed by atoms with van der Waals surface area (Å²) in [5.74, 6) is 0.197. The zero-order valence-electron chi connectivity index (χ0n) is 12.9. The van der Waals surface area contributed by atoms with Gasteiger partial charge in [0.2, 0.25) is 10.0 Å². The predicted octanol–water partition coefficient (Wildman–Crippen LogP) is 2.52. The van der Waals surface area contributed by atoms with Gasteiger partial charge in [-0.05, 0) is 24.1 Å². The van der Waals surface area contributed by atoms with E-state index in [4.69, 9.17) is 17.3 Å². The second kappa shape index (κ2) is 7.80. The van der Waals surface area contributed by atoms with Gasteiger partial charge in [-0.2, -0.15) is 4.31 Å². The fraction of sp³-hybridized carbons (Fsp3) is 0.312. The normalized spacial score (nSPS) is 21.4. The van der Waals surface area contributed by atoms with Crippen LogP contribution in [0.1, 0.15) is 11.5 Å². The minimum Gasteiger partial charge on any atom is -0.330 e. The first-order chi connectivity index (χ1) is 11.0. The first-order valence-electron chi connectivity index (χ1n) is 7.38. The molecule has 130 valence electrons. The molecule has 0 aliphatic carbocycles. The smallest absolute Gasteiger partial charge is 0.244 e. The second-order valence-corrected chi connectivity index (χ2v) is 8.05. The zero-order chi connectivity index (χ0) is 16.4. The average molecular weight is 388 g/mol. The molecule has 1 aromatic carbocycles. The lowest BCUT2D eigenvalue weighted by Gasteiger charge is -2.17. The lowest BCUT2D eigenvalue weighted by Crippen LogP contribution is -2.30. The van der Waals surface area contributed by atoms with E-state index in [1.54, 1.807) is 0 Å². The largest absolute Gasteiger partial charge is 0.330 e. The second-order valence-electron chi connectivity index (χ2n) is 5.67. The summed E-state index contributed by atoms with van der Waals surface area (Å²) in [5, 5.41) is 0.306. The molecule has 0 unspecified atom stereocenters. The third kappa shape index (κ3) is 3.73. The monoisotopic (exact) mass is 387 g/mol. The van der Waals surface area contributed by atoms with E-state index in [1.807, 2.05) is 30.3 Å². The third-order valence-corrected chi connectivity index (χ3v) is 6.26. The average Bonchev–Trinajstić information content (AvgIpc) is 3.01. The Morgan fingerprint density at radius 2 is 1.92 bits per heavy atom. The quantitative estimate of drug-likeness (QED) is 0.873. The molecule has 1 fully saturated rings. The van der Waals surface area contributed by atoms with E-state index in [2.05, 4.69) is 4.98 Å². The lowest BCUT2D eigenvalue weighted by atomic mass is 9.89. The van der Waals surface area contributed by atoms with E-state index in [-0.39, 0.29) is 29.1 Å². The summed E-state index contributed by atoms with van der Waals surface area (Å²) in [6.07, 6.45) is 2.74. The van der Waals surface area contributed by atoms with Crippen LogP contribution in [0.25, 0.3) is 0 Å². The summed E-state index contributed by atoms with van der Waals surface area (Å²) < 4.78 is 27.1. The first-order valence-corrected chi connectivity index (χ1v) is 9.20. The van der Waals surface area contributed by atoms with Gasteiger partial charge < -0.3 is 5.73 Å². The maximum atomic E-state index is 12.8. The molecule has 0 bridgehead atoms. The van der Waals surface area contributed by atoms with Crippen molar-refractivity contribution in [3.8, 4) is 0 Å². The molecule has 5 nitrogen and oxygen atoms in total. The van der Waals surface area contributed by atoms with Crippen LogP contribution in [-0.4, -0.2) is 37.3 Å². The van der Waals surface area contributed by atoms with Gasteiger partial charge in [-0.25, -0.2) is 8.42 Å². The van der Waals surface area contributed by atoms with E-state index < -0.39 is 10.0 Å². The lowest BCUT2D eigenvalue weighted by molar-refractivity contribution is 0.458. The van der Waals surface area contributed by atoms with Crippen LogP contribution < -0.4 is 5.73 Å². The summed E-state index contributed by atoms with van der Waals surface area (Å²) in [6.45, 7) is 1.27. The zero-order valence-corrected chi connectivity index (χ0v) is 15.3. The van der Waals surface area contributed by atoms with Crippen LogP contribution in [0.3, 0.4) is 0 Å². The molecule has 8 heteroatoms. The van der Waals surface area contributed by atoms with Crippen LogP contribution in [0.5, 0.6) is 0 Å². The molecule has 1 aromatic heterocycles. The number of nitrogens with zero attached hydrogens (tertiary/aromatic N) is 2. The molecule has 2 atom stereocenters. The van der Waals surface area contributed by atoms with Crippen molar-refractivity contribution in [1.29, 1.82) is 0 Å². The van der Waals surface area contributed by atoms with E-state index in [1.165, 1.54) is 22.8 Å². The van der Waals surface area contributed by atoms with Gasteiger partial charge in [0.25, 0.3) is 0 Å².